The number of anilines is 1. The largest absolute Gasteiger partial charge is 0.495 e. The second kappa shape index (κ2) is 6.39. The lowest BCUT2D eigenvalue weighted by Crippen LogP contribution is -2.17. The van der Waals surface area contributed by atoms with Crippen LogP contribution in [-0.2, 0) is 10.0 Å². The molecule has 122 valence electrons. The second-order valence-corrected chi connectivity index (χ2v) is 6.77. The van der Waals surface area contributed by atoms with Gasteiger partial charge in [0.05, 0.1) is 7.11 Å². The van der Waals surface area contributed by atoms with Crippen LogP contribution in [0.25, 0.3) is 0 Å². The highest BCUT2D eigenvalue weighted by Crippen LogP contribution is 2.24. The Hall–Kier alpha value is -2.38. The van der Waals surface area contributed by atoms with E-state index in [-0.39, 0.29) is 16.2 Å². The van der Waals surface area contributed by atoms with Crippen LogP contribution in [0.15, 0.2) is 41.3 Å². The number of sulfonamides is 1. The summed E-state index contributed by atoms with van der Waals surface area (Å²) in [6.07, 6.45) is 0. The molecule has 0 aliphatic heterocycles. The Morgan fingerprint density at radius 3 is 2.22 bits per heavy atom. The number of amides is 1. The smallest absolute Gasteiger partial charge is 0.255 e. The highest BCUT2D eigenvalue weighted by atomic mass is 32.2. The first-order valence-corrected chi connectivity index (χ1v) is 8.36. The molecule has 0 bridgehead atoms. The normalized spacial score (nSPS) is 11.1. The van der Waals surface area contributed by atoms with Crippen molar-refractivity contribution in [1.82, 2.24) is 0 Å². The minimum Gasteiger partial charge on any atom is -0.495 e. The first kappa shape index (κ1) is 17.0. The van der Waals surface area contributed by atoms with Crippen molar-refractivity contribution < 1.29 is 17.9 Å². The van der Waals surface area contributed by atoms with E-state index in [4.69, 9.17) is 9.88 Å². The first-order valence-electron chi connectivity index (χ1n) is 6.81. The van der Waals surface area contributed by atoms with Crippen molar-refractivity contribution in [3.8, 4) is 5.75 Å². The van der Waals surface area contributed by atoms with Gasteiger partial charge in [0.2, 0.25) is 10.0 Å². The fraction of sp³-hybridized carbons (Fsp3) is 0.188. The molecule has 0 aromatic heterocycles. The molecule has 0 unspecified atom stereocenters. The van der Waals surface area contributed by atoms with Crippen molar-refractivity contribution in [2.24, 2.45) is 5.14 Å². The van der Waals surface area contributed by atoms with Gasteiger partial charge in [0.25, 0.3) is 5.91 Å². The Balaban J connectivity index is 2.36. The van der Waals surface area contributed by atoms with Gasteiger partial charge in [-0.25, -0.2) is 13.6 Å². The highest BCUT2D eigenvalue weighted by molar-refractivity contribution is 7.89. The van der Waals surface area contributed by atoms with E-state index < -0.39 is 15.9 Å². The summed E-state index contributed by atoms with van der Waals surface area (Å²) in [5, 5.41) is 7.90. The molecule has 0 fully saturated rings. The van der Waals surface area contributed by atoms with Crippen LogP contribution in [0.4, 0.5) is 5.69 Å². The Labute approximate surface area is 135 Å². The van der Waals surface area contributed by atoms with Crippen LogP contribution >= 0.6 is 0 Å². The van der Waals surface area contributed by atoms with E-state index in [2.05, 4.69) is 5.32 Å². The number of nitrogens with two attached hydrogens (primary N) is 1. The van der Waals surface area contributed by atoms with Crippen LogP contribution in [0.2, 0.25) is 0 Å². The minimum atomic E-state index is -3.99. The average molecular weight is 334 g/mol. The maximum atomic E-state index is 12.3. The number of primary sulfonamides is 1. The third kappa shape index (κ3) is 4.08. The van der Waals surface area contributed by atoms with Crippen molar-refractivity contribution in [3.63, 3.8) is 0 Å². The van der Waals surface area contributed by atoms with Gasteiger partial charge in [0.1, 0.15) is 10.6 Å². The number of rotatable bonds is 4. The zero-order chi connectivity index (χ0) is 17.2. The third-order valence-electron chi connectivity index (χ3n) is 3.21. The molecule has 1 amide bonds. The summed E-state index contributed by atoms with van der Waals surface area (Å²) >= 11 is 0. The van der Waals surface area contributed by atoms with E-state index in [0.29, 0.717) is 5.69 Å². The molecule has 0 aliphatic carbocycles. The molecule has 0 atom stereocenters. The number of nitrogens with one attached hydrogen (secondary N) is 1. The van der Waals surface area contributed by atoms with E-state index in [1.807, 2.05) is 32.0 Å². The first-order chi connectivity index (χ1) is 10.7. The van der Waals surface area contributed by atoms with Gasteiger partial charge in [-0.15, -0.1) is 0 Å². The van der Waals surface area contributed by atoms with E-state index >= 15 is 0 Å². The number of ether oxygens (including phenoxy) is 1. The van der Waals surface area contributed by atoms with Gasteiger partial charge in [0, 0.05) is 11.3 Å². The summed E-state index contributed by atoms with van der Waals surface area (Å²) in [4.78, 5) is 12.1. The molecular weight excluding hydrogens is 316 g/mol. The molecule has 3 N–H and O–H groups in total. The lowest BCUT2D eigenvalue weighted by atomic mass is 10.1. The van der Waals surface area contributed by atoms with Crippen LogP contribution in [0.5, 0.6) is 5.75 Å². The number of aryl methyl sites for hydroxylation is 2. The summed E-state index contributed by atoms with van der Waals surface area (Å²) in [6, 6.07) is 9.72. The molecular formula is C16H18N2O4S. The standard InChI is InChI=1S/C16H18N2O4S/c1-10-6-11(2)8-13(7-10)18-16(19)12-4-5-14(22-3)15(9-12)23(17,20)21/h4-9H,1-3H3,(H,18,19)(H2,17,20,21). The van der Waals surface area contributed by atoms with Gasteiger partial charge in [0.15, 0.2) is 0 Å². The van der Waals surface area contributed by atoms with E-state index in [9.17, 15) is 13.2 Å². The Morgan fingerprint density at radius 2 is 1.70 bits per heavy atom. The fourth-order valence-electron chi connectivity index (χ4n) is 2.29. The number of methoxy groups -OCH3 is 1. The summed E-state index contributed by atoms with van der Waals surface area (Å²) in [7, 11) is -2.66. The van der Waals surface area contributed by atoms with Gasteiger partial charge in [-0.1, -0.05) is 6.07 Å². The molecule has 2 aromatic carbocycles. The van der Waals surface area contributed by atoms with E-state index in [1.165, 1.54) is 25.3 Å². The van der Waals surface area contributed by atoms with Crippen molar-refractivity contribution in [2.45, 2.75) is 18.7 Å². The zero-order valence-electron chi connectivity index (χ0n) is 13.1. The van der Waals surface area contributed by atoms with Crippen LogP contribution in [0.3, 0.4) is 0 Å². The predicted molar refractivity (Wildman–Crippen MR) is 88.2 cm³/mol. The molecule has 0 heterocycles. The quantitative estimate of drug-likeness (QED) is 0.895. The lowest BCUT2D eigenvalue weighted by Gasteiger charge is -2.10. The molecule has 0 spiro atoms. The topological polar surface area (TPSA) is 98.5 Å². The molecule has 0 radical (unpaired) electrons. The monoisotopic (exact) mass is 334 g/mol. The molecule has 6 nitrogen and oxygen atoms in total. The SMILES string of the molecule is COc1ccc(C(=O)Nc2cc(C)cc(C)c2)cc1S(N)(=O)=O. The fourth-order valence-corrected chi connectivity index (χ4v) is 3.01. The highest BCUT2D eigenvalue weighted by Gasteiger charge is 2.18. The van der Waals surface area contributed by atoms with Crippen LogP contribution < -0.4 is 15.2 Å². The lowest BCUT2D eigenvalue weighted by molar-refractivity contribution is 0.102. The van der Waals surface area contributed by atoms with Crippen LogP contribution in [-0.4, -0.2) is 21.4 Å². The van der Waals surface area contributed by atoms with E-state index in [1.54, 1.807) is 0 Å². The van der Waals surface area contributed by atoms with Crippen LogP contribution in [0, 0.1) is 13.8 Å². The number of carbonyl (C=O) groups is 1. The molecule has 2 rings (SSSR count). The zero-order valence-corrected chi connectivity index (χ0v) is 13.9. The number of hydrogen-bond donors (Lipinski definition) is 2. The molecule has 0 saturated heterocycles. The van der Waals surface area contributed by atoms with Gasteiger partial charge in [-0.05, 0) is 55.3 Å². The number of hydrogen-bond acceptors (Lipinski definition) is 4. The summed E-state index contributed by atoms with van der Waals surface area (Å²) in [5.41, 5.74) is 2.84. The van der Waals surface area contributed by atoms with Gasteiger partial charge >= 0.3 is 0 Å². The van der Waals surface area contributed by atoms with Gasteiger partial charge in [-0.3, -0.25) is 4.79 Å². The molecule has 0 saturated carbocycles. The molecule has 23 heavy (non-hydrogen) atoms. The predicted octanol–water partition coefficient (Wildman–Crippen LogP) is 2.21. The summed E-state index contributed by atoms with van der Waals surface area (Å²) < 4.78 is 28.2. The molecule has 2 aromatic rings. The van der Waals surface area contributed by atoms with Gasteiger partial charge < -0.3 is 10.1 Å². The van der Waals surface area contributed by atoms with Crippen molar-refractivity contribution in [1.29, 1.82) is 0 Å². The number of benzene rings is 2. The minimum absolute atomic E-state index is 0.0930. The van der Waals surface area contributed by atoms with Crippen molar-refractivity contribution in [3.05, 3.63) is 53.1 Å². The number of carbonyl (C=O) groups excluding carboxylic acids is 1. The Morgan fingerprint density at radius 1 is 1.09 bits per heavy atom. The Kier molecular flexibility index (Phi) is 4.72. The molecule has 7 heteroatoms. The average Bonchev–Trinajstić information content (AvgIpc) is 2.44. The maximum Gasteiger partial charge on any atom is 0.255 e. The van der Waals surface area contributed by atoms with E-state index in [0.717, 1.165) is 11.1 Å². The summed E-state index contributed by atoms with van der Waals surface area (Å²) in [5.74, 6) is -0.335. The van der Waals surface area contributed by atoms with Crippen molar-refractivity contribution >= 4 is 21.6 Å². The van der Waals surface area contributed by atoms with Crippen LogP contribution in [0.1, 0.15) is 21.5 Å². The Bertz CT molecular complexity index is 840. The van der Waals surface area contributed by atoms with Crippen molar-refractivity contribution in [2.75, 3.05) is 12.4 Å². The second-order valence-electron chi connectivity index (χ2n) is 5.24. The summed E-state index contributed by atoms with van der Waals surface area (Å²) in [6.45, 7) is 3.85. The maximum absolute atomic E-state index is 12.3. The molecule has 0 aliphatic rings. The third-order valence-corrected chi connectivity index (χ3v) is 4.14. The van der Waals surface area contributed by atoms with Gasteiger partial charge in [-0.2, -0.15) is 0 Å².